The molecule has 1 N–H and O–H groups in total. The van der Waals surface area contributed by atoms with Crippen LogP contribution in [0.5, 0.6) is 0 Å². The molecule has 2 aromatic rings. The third-order valence-electron chi connectivity index (χ3n) is 3.05. The third-order valence-corrected chi connectivity index (χ3v) is 4.16. The Morgan fingerprint density at radius 1 is 1.29 bits per heavy atom. The van der Waals surface area contributed by atoms with Crippen LogP contribution >= 0.6 is 11.3 Å². The summed E-state index contributed by atoms with van der Waals surface area (Å²) in [4.78, 5) is 7.78. The van der Waals surface area contributed by atoms with Crippen molar-refractivity contribution in [3.05, 3.63) is 46.7 Å². The lowest BCUT2D eigenvalue weighted by atomic mass is 10.2. The lowest BCUT2D eigenvalue weighted by Crippen LogP contribution is -2.18. The molecule has 0 saturated carbocycles. The van der Waals surface area contributed by atoms with Crippen LogP contribution in [0.15, 0.2) is 30.5 Å². The van der Waals surface area contributed by atoms with E-state index in [-0.39, 0.29) is 5.82 Å². The number of thiazole rings is 1. The number of rotatable bonds is 7. The second kappa shape index (κ2) is 7.52. The largest absolute Gasteiger partial charge is 0.347 e. The summed E-state index contributed by atoms with van der Waals surface area (Å²) >= 11 is 1.69. The van der Waals surface area contributed by atoms with Gasteiger partial charge in [-0.15, -0.1) is 11.3 Å². The van der Waals surface area contributed by atoms with Gasteiger partial charge >= 0.3 is 0 Å². The molecule has 0 spiro atoms. The van der Waals surface area contributed by atoms with Gasteiger partial charge in [-0.3, -0.25) is 0 Å². The smallest absolute Gasteiger partial charge is 0.185 e. The minimum absolute atomic E-state index is 0.200. The van der Waals surface area contributed by atoms with E-state index in [1.165, 1.54) is 17.0 Å². The van der Waals surface area contributed by atoms with E-state index in [1.54, 1.807) is 11.3 Å². The van der Waals surface area contributed by atoms with Gasteiger partial charge in [0.25, 0.3) is 0 Å². The predicted octanol–water partition coefficient (Wildman–Crippen LogP) is 3.66. The van der Waals surface area contributed by atoms with Crippen LogP contribution in [-0.2, 0) is 13.1 Å². The third kappa shape index (κ3) is 5.10. The van der Waals surface area contributed by atoms with Crippen molar-refractivity contribution in [2.75, 3.05) is 18.5 Å². The van der Waals surface area contributed by atoms with Gasteiger partial charge in [-0.1, -0.05) is 26.0 Å². The predicted molar refractivity (Wildman–Crippen MR) is 87.2 cm³/mol. The number of aromatic nitrogens is 1. The summed E-state index contributed by atoms with van der Waals surface area (Å²) < 4.78 is 12.9. The topological polar surface area (TPSA) is 28.2 Å². The van der Waals surface area contributed by atoms with Crippen LogP contribution in [0.4, 0.5) is 9.52 Å². The first-order valence-electron chi connectivity index (χ1n) is 7.15. The second-order valence-electron chi connectivity index (χ2n) is 5.62. The van der Waals surface area contributed by atoms with Crippen molar-refractivity contribution in [1.29, 1.82) is 0 Å². The molecule has 0 atom stereocenters. The number of halogens is 1. The van der Waals surface area contributed by atoms with Crippen molar-refractivity contribution in [2.45, 2.75) is 26.9 Å². The van der Waals surface area contributed by atoms with Crippen LogP contribution in [0.25, 0.3) is 0 Å². The lowest BCUT2D eigenvalue weighted by molar-refractivity contribution is 0.554. The Morgan fingerprint density at radius 3 is 2.67 bits per heavy atom. The van der Waals surface area contributed by atoms with Crippen molar-refractivity contribution < 1.29 is 4.39 Å². The molecule has 21 heavy (non-hydrogen) atoms. The fraction of sp³-hybridized carbons (Fsp3) is 0.438. The van der Waals surface area contributed by atoms with Crippen molar-refractivity contribution in [2.24, 2.45) is 5.92 Å². The minimum Gasteiger partial charge on any atom is -0.347 e. The van der Waals surface area contributed by atoms with E-state index in [1.807, 2.05) is 25.4 Å². The molecule has 1 aromatic heterocycles. The molecule has 1 heterocycles. The molecule has 0 unspecified atom stereocenters. The van der Waals surface area contributed by atoms with E-state index in [0.717, 1.165) is 30.3 Å². The highest BCUT2D eigenvalue weighted by Gasteiger charge is 2.08. The summed E-state index contributed by atoms with van der Waals surface area (Å²) in [7, 11) is 2.01. The highest BCUT2D eigenvalue weighted by Crippen LogP contribution is 2.22. The molecular weight excluding hydrogens is 285 g/mol. The zero-order valence-electron chi connectivity index (χ0n) is 12.8. The Balaban J connectivity index is 1.89. The van der Waals surface area contributed by atoms with Gasteiger partial charge in [0, 0.05) is 31.2 Å². The molecule has 2 rings (SSSR count). The van der Waals surface area contributed by atoms with Crippen LogP contribution in [0.3, 0.4) is 0 Å². The molecule has 0 amide bonds. The number of benzene rings is 1. The number of hydrogen-bond donors (Lipinski definition) is 1. The van der Waals surface area contributed by atoms with Crippen molar-refractivity contribution >= 4 is 16.5 Å². The lowest BCUT2D eigenvalue weighted by Gasteiger charge is -2.15. The maximum Gasteiger partial charge on any atom is 0.185 e. The van der Waals surface area contributed by atoms with Gasteiger partial charge in [-0.2, -0.15) is 0 Å². The Kier molecular flexibility index (Phi) is 5.70. The van der Waals surface area contributed by atoms with Crippen LogP contribution < -0.4 is 10.2 Å². The van der Waals surface area contributed by atoms with E-state index >= 15 is 0 Å². The maximum atomic E-state index is 12.9. The van der Waals surface area contributed by atoms with Gasteiger partial charge in [0.1, 0.15) is 5.82 Å². The molecule has 5 heteroatoms. The van der Waals surface area contributed by atoms with Gasteiger partial charge in [-0.05, 0) is 30.2 Å². The molecule has 3 nitrogen and oxygen atoms in total. The number of nitrogens with one attached hydrogen (secondary N) is 1. The summed E-state index contributed by atoms with van der Waals surface area (Å²) in [5.41, 5.74) is 1.08. The summed E-state index contributed by atoms with van der Waals surface area (Å²) in [6, 6.07) is 6.60. The zero-order valence-corrected chi connectivity index (χ0v) is 13.6. The average Bonchev–Trinajstić information content (AvgIpc) is 2.90. The first kappa shape index (κ1) is 15.9. The first-order chi connectivity index (χ1) is 10.0. The Hall–Kier alpha value is -1.46. The van der Waals surface area contributed by atoms with Gasteiger partial charge < -0.3 is 10.2 Å². The van der Waals surface area contributed by atoms with Crippen molar-refractivity contribution in [1.82, 2.24) is 10.3 Å². The molecule has 0 aliphatic rings. The number of nitrogens with zero attached hydrogens (tertiary/aromatic N) is 2. The fourth-order valence-corrected chi connectivity index (χ4v) is 2.81. The van der Waals surface area contributed by atoms with Gasteiger partial charge in [-0.25, -0.2) is 9.37 Å². The van der Waals surface area contributed by atoms with Crippen molar-refractivity contribution in [3.63, 3.8) is 0 Å². The molecule has 0 fully saturated rings. The Bertz CT molecular complexity index is 551. The molecule has 0 bridgehead atoms. The number of hydrogen-bond acceptors (Lipinski definition) is 4. The van der Waals surface area contributed by atoms with Gasteiger partial charge in [0.05, 0.1) is 0 Å². The maximum absolute atomic E-state index is 12.9. The van der Waals surface area contributed by atoms with Crippen LogP contribution in [-0.4, -0.2) is 18.6 Å². The van der Waals surface area contributed by atoms with E-state index in [4.69, 9.17) is 0 Å². The molecule has 0 aliphatic carbocycles. The normalized spacial score (nSPS) is 11.1. The standard InChI is InChI=1S/C16H22FN3S/c1-12(2)8-18-9-15-10-19-16(21-15)20(3)11-13-4-6-14(17)7-5-13/h4-7,10,12,18H,8-9,11H2,1-3H3. The van der Waals surface area contributed by atoms with E-state index in [0.29, 0.717) is 5.92 Å². The quantitative estimate of drug-likeness (QED) is 0.846. The highest BCUT2D eigenvalue weighted by molar-refractivity contribution is 7.15. The summed E-state index contributed by atoms with van der Waals surface area (Å²) in [6.07, 6.45) is 1.93. The average molecular weight is 307 g/mol. The summed E-state index contributed by atoms with van der Waals surface area (Å²) in [5.74, 6) is 0.452. The van der Waals surface area contributed by atoms with Crippen LogP contribution in [0, 0.1) is 11.7 Å². The minimum atomic E-state index is -0.200. The molecule has 1 aromatic carbocycles. The van der Waals surface area contributed by atoms with Crippen LogP contribution in [0.1, 0.15) is 24.3 Å². The molecule has 0 radical (unpaired) electrons. The monoisotopic (exact) mass is 307 g/mol. The van der Waals surface area contributed by atoms with Crippen molar-refractivity contribution in [3.8, 4) is 0 Å². The summed E-state index contributed by atoms with van der Waals surface area (Å²) in [6.45, 7) is 6.99. The molecule has 0 aliphatic heterocycles. The molecule has 0 saturated heterocycles. The highest BCUT2D eigenvalue weighted by atomic mass is 32.1. The Labute approximate surface area is 129 Å². The van der Waals surface area contributed by atoms with Gasteiger partial charge in [0.2, 0.25) is 0 Å². The van der Waals surface area contributed by atoms with Crippen LogP contribution in [0.2, 0.25) is 0 Å². The molecular formula is C16H22FN3S. The first-order valence-corrected chi connectivity index (χ1v) is 7.97. The summed E-state index contributed by atoms with van der Waals surface area (Å²) in [5, 5.41) is 4.41. The zero-order chi connectivity index (χ0) is 15.2. The van der Waals surface area contributed by atoms with E-state index < -0.39 is 0 Å². The fourth-order valence-electron chi connectivity index (χ4n) is 1.97. The van der Waals surface area contributed by atoms with E-state index in [2.05, 4.69) is 29.0 Å². The van der Waals surface area contributed by atoms with E-state index in [9.17, 15) is 4.39 Å². The Morgan fingerprint density at radius 2 is 2.00 bits per heavy atom. The number of anilines is 1. The second-order valence-corrected chi connectivity index (χ2v) is 6.71. The van der Waals surface area contributed by atoms with Gasteiger partial charge in [0.15, 0.2) is 5.13 Å². The SMILES string of the molecule is CC(C)CNCc1cnc(N(C)Cc2ccc(F)cc2)s1. The molecule has 114 valence electrons.